The molecular formula is C27H75NO21Si16. The topological polar surface area (TPSA) is 214 Å². The lowest BCUT2D eigenvalue weighted by Crippen LogP contribution is -2.93. The second kappa shape index (κ2) is 18.1. The molecule has 0 aliphatic carbocycles. The van der Waals surface area contributed by atoms with E-state index in [1.54, 1.807) is 0 Å². The first kappa shape index (κ1) is 57.8. The number of carbonyl (C=O) groups excluding carboxylic acids is 1. The molecule has 0 aromatic carbocycles. The molecule has 0 radical (unpaired) electrons. The van der Waals surface area contributed by atoms with Crippen LogP contribution < -0.4 is 5.32 Å². The van der Waals surface area contributed by atoms with Gasteiger partial charge in [0, 0.05) is 6.17 Å². The molecule has 6 aliphatic heterocycles. The Balaban J connectivity index is 2.07. The number of rotatable bonds is 19. The molecule has 0 aromatic rings. The van der Waals surface area contributed by atoms with Gasteiger partial charge in [0.05, 0.1) is 0 Å². The SMILES string of the molecule is C=CC(=O)NC[Si](C)(C)O[Si]12O[Si]3(O[Si](C)(C)C)O[Si]4(O[Si](C)(C)C)O[Si]5(O[Si](C)(C)C)O[Si](O[Si](C)(C)C)(O3)O[Si](O[Si](C)(C)C)(O[Si](O[Si](C)(C)C)(O5)O[Si](O[Si](C)(C)C)(O4)O1)O2. The highest BCUT2D eigenvalue weighted by atomic mass is 28.7. The number of carbonyl (C=O) groups is 1. The Morgan fingerprint density at radius 1 is 0.354 bits per heavy atom. The van der Waals surface area contributed by atoms with Gasteiger partial charge in [-0.25, -0.2) is 0 Å². The number of hydrogen-bond donors (Lipinski definition) is 1. The molecule has 6 saturated heterocycles. The quantitative estimate of drug-likeness (QED) is 0.120. The maximum Gasteiger partial charge on any atom is 0.651 e. The van der Waals surface area contributed by atoms with E-state index in [1.807, 2.05) is 151 Å². The molecule has 6 aliphatic rings. The Morgan fingerprint density at radius 2 is 0.508 bits per heavy atom. The van der Waals surface area contributed by atoms with Crippen LogP contribution in [0, 0.1) is 0 Å². The first-order chi connectivity index (χ1) is 28.6. The van der Waals surface area contributed by atoms with E-state index in [-0.39, 0.29) is 6.17 Å². The third-order valence-electron chi connectivity index (χ3n) is 7.29. The second-order valence-electron chi connectivity index (χ2n) is 23.5. The molecule has 6 heterocycles. The summed E-state index contributed by atoms with van der Waals surface area (Å²) >= 11 is 0. The number of nitrogens with one attached hydrogen (secondary N) is 1. The van der Waals surface area contributed by atoms with Gasteiger partial charge in [-0.15, -0.1) is 0 Å². The summed E-state index contributed by atoms with van der Waals surface area (Å²) in [5, 5.41) is 2.86. The van der Waals surface area contributed by atoms with Crippen molar-refractivity contribution in [3.8, 4) is 0 Å². The predicted octanol–water partition coefficient (Wildman–Crippen LogP) is 5.76. The Labute approximate surface area is 404 Å². The van der Waals surface area contributed by atoms with Crippen LogP contribution in [0.15, 0.2) is 12.7 Å². The molecule has 1 amide bonds. The molecule has 6 fully saturated rings. The summed E-state index contributed by atoms with van der Waals surface area (Å²) in [7, 11) is -64.8. The minimum absolute atomic E-state index is 0.0217. The van der Waals surface area contributed by atoms with Crippen LogP contribution in [0.4, 0.5) is 0 Å². The van der Waals surface area contributed by atoms with E-state index in [1.165, 1.54) is 6.08 Å². The van der Waals surface area contributed by atoms with Crippen molar-refractivity contribution in [1.82, 2.24) is 5.32 Å². The fraction of sp³-hybridized carbons (Fsp3) is 0.889. The minimum Gasteiger partial charge on any atom is -0.396 e. The molecule has 0 saturated carbocycles. The molecule has 0 unspecified atom stereocenters. The largest absolute Gasteiger partial charge is 0.651 e. The zero-order valence-electron chi connectivity index (χ0n) is 42.6. The zero-order chi connectivity index (χ0) is 49.8. The highest BCUT2D eigenvalue weighted by Crippen LogP contribution is 2.53. The van der Waals surface area contributed by atoms with E-state index in [0.717, 1.165) is 0 Å². The summed E-state index contributed by atoms with van der Waals surface area (Å²) < 4.78 is 146. The smallest absolute Gasteiger partial charge is 0.396 e. The molecule has 378 valence electrons. The lowest BCUT2D eigenvalue weighted by molar-refractivity contribution is -0.130. The summed E-state index contributed by atoms with van der Waals surface area (Å²) in [6, 6.07) is 0. The van der Waals surface area contributed by atoms with Gasteiger partial charge in [-0.05, 0) is 157 Å². The van der Waals surface area contributed by atoms with Crippen molar-refractivity contribution >= 4 is 145 Å². The third kappa shape index (κ3) is 15.9. The van der Waals surface area contributed by atoms with Crippen LogP contribution in [0.2, 0.25) is 151 Å². The fourth-order valence-corrected chi connectivity index (χ4v) is 71.5. The lowest BCUT2D eigenvalue weighted by Gasteiger charge is -2.60. The van der Waals surface area contributed by atoms with E-state index in [4.69, 9.17) is 82.3 Å². The van der Waals surface area contributed by atoms with E-state index < -0.39 is 145 Å². The van der Waals surface area contributed by atoms with Gasteiger partial charge in [0.2, 0.25) is 5.91 Å². The van der Waals surface area contributed by atoms with Crippen molar-refractivity contribution in [1.29, 1.82) is 0 Å². The summed E-state index contributed by atoms with van der Waals surface area (Å²) in [6.45, 7) is 47.7. The van der Waals surface area contributed by atoms with Gasteiger partial charge in [0.1, 0.15) is 0 Å². The maximum atomic E-state index is 12.7. The van der Waals surface area contributed by atoms with Crippen molar-refractivity contribution in [2.75, 3.05) is 6.17 Å². The molecule has 8 bridgehead atoms. The highest BCUT2D eigenvalue weighted by Gasteiger charge is 2.92. The van der Waals surface area contributed by atoms with Gasteiger partial charge in [-0.3, -0.25) is 4.79 Å². The van der Waals surface area contributed by atoms with Gasteiger partial charge >= 0.3 is 72.4 Å². The fourth-order valence-electron chi connectivity index (χ4n) is 6.21. The Morgan fingerprint density at radius 3 is 0.646 bits per heavy atom. The molecule has 0 aromatic heterocycles. The van der Waals surface area contributed by atoms with Crippen LogP contribution in [0.1, 0.15) is 0 Å². The van der Waals surface area contributed by atoms with Gasteiger partial charge in [0.25, 0.3) is 0 Å². The highest BCUT2D eigenvalue weighted by molar-refractivity contribution is 7.04. The Kier molecular flexibility index (Phi) is 16.1. The van der Waals surface area contributed by atoms with E-state index in [0.29, 0.717) is 0 Å². The molecule has 6 rings (SSSR count). The molecule has 0 atom stereocenters. The van der Waals surface area contributed by atoms with Gasteiger partial charge in [-0.2, -0.15) is 0 Å². The minimum atomic E-state index is -5.25. The molecule has 1 N–H and O–H groups in total. The first-order valence-electron chi connectivity index (χ1n) is 21.5. The molecule has 0 spiro atoms. The number of amides is 1. The maximum absolute atomic E-state index is 12.7. The van der Waals surface area contributed by atoms with E-state index in [9.17, 15) is 4.79 Å². The zero-order valence-corrected chi connectivity index (χ0v) is 58.6. The van der Waals surface area contributed by atoms with Crippen LogP contribution in [0.25, 0.3) is 0 Å². The van der Waals surface area contributed by atoms with Gasteiger partial charge in [0.15, 0.2) is 66.5 Å². The van der Waals surface area contributed by atoms with E-state index >= 15 is 0 Å². The van der Waals surface area contributed by atoms with Crippen LogP contribution in [-0.4, -0.2) is 151 Å². The van der Waals surface area contributed by atoms with Gasteiger partial charge < -0.3 is 87.6 Å². The summed E-state index contributed by atoms with van der Waals surface area (Å²) in [5.41, 5.74) is 0. The molecular weight excluding hydrogens is 1120 g/mol. The summed E-state index contributed by atoms with van der Waals surface area (Å²) in [5.74, 6) is -0.429. The second-order valence-corrected chi connectivity index (χ2v) is 81.3. The van der Waals surface area contributed by atoms with Crippen molar-refractivity contribution < 1.29 is 87.1 Å². The third-order valence-corrected chi connectivity index (χ3v) is 59.7. The molecule has 65 heavy (non-hydrogen) atoms. The van der Waals surface area contributed by atoms with Crippen LogP contribution in [0.3, 0.4) is 0 Å². The average Bonchev–Trinajstić information content (AvgIpc) is 2.88. The lowest BCUT2D eigenvalue weighted by atomic mass is 10.6. The van der Waals surface area contributed by atoms with Gasteiger partial charge in [-0.1, -0.05) is 6.58 Å². The van der Waals surface area contributed by atoms with Crippen LogP contribution in [0.5, 0.6) is 0 Å². The standard InChI is InChI=1S/C27H75NO21Si16/c1-25-27(29)28-26-57(23,24)37-65-47-62(34-54(14,15)16)41-59(31-51(5,6)7)38-58(30-50(2,3)4)39-60(43-62,32-52(8,9)10)45-64(49-65,36-56(20,21)22)46-61(40-58,33-53(11,12)13)44-63(42-59,48-65)35-55(17,18)19/h25H,1,26H2,2-24H3,(H,28,29). The summed E-state index contributed by atoms with van der Waals surface area (Å²) in [4.78, 5) is 12.7. The average molecular weight is 1200 g/mol. The first-order valence-corrected chi connectivity index (χ1v) is 61.6. The van der Waals surface area contributed by atoms with Crippen LogP contribution >= 0.6 is 0 Å². The Hall–Kier alpha value is 1.88. The summed E-state index contributed by atoms with van der Waals surface area (Å²) in [6.07, 6.45) is 1.19. The Bertz CT molecular complexity index is 1610. The van der Waals surface area contributed by atoms with Crippen molar-refractivity contribution in [3.05, 3.63) is 12.7 Å². The predicted molar refractivity (Wildman–Crippen MR) is 272 cm³/mol. The normalized spacial score (nSPS) is 37.3. The van der Waals surface area contributed by atoms with E-state index in [2.05, 4.69) is 11.9 Å². The van der Waals surface area contributed by atoms with Crippen molar-refractivity contribution in [2.24, 2.45) is 0 Å². The monoisotopic (exact) mass is 1200 g/mol. The molecule has 38 heteroatoms. The van der Waals surface area contributed by atoms with Crippen LogP contribution in [-0.2, 0) is 87.1 Å². The van der Waals surface area contributed by atoms with Crippen molar-refractivity contribution in [3.63, 3.8) is 0 Å². The molecule has 22 nitrogen and oxygen atoms in total. The van der Waals surface area contributed by atoms with Crippen molar-refractivity contribution in [2.45, 2.75) is 151 Å². The number of hydrogen-bond acceptors (Lipinski definition) is 21.